The maximum absolute atomic E-state index is 5.29. The van der Waals surface area contributed by atoms with Gasteiger partial charge in [-0.3, -0.25) is 0 Å². The van der Waals surface area contributed by atoms with Crippen molar-refractivity contribution in [2.45, 2.75) is 24.8 Å². The lowest BCUT2D eigenvalue weighted by atomic mass is 10.1. The molecule has 0 aliphatic heterocycles. The van der Waals surface area contributed by atoms with Crippen LogP contribution in [0.3, 0.4) is 0 Å². The summed E-state index contributed by atoms with van der Waals surface area (Å²) in [6.45, 7) is 4.95. The van der Waals surface area contributed by atoms with Crippen LogP contribution in [0.2, 0.25) is 0 Å². The van der Waals surface area contributed by atoms with Gasteiger partial charge in [-0.2, -0.15) is 0 Å². The van der Waals surface area contributed by atoms with Gasteiger partial charge in [0, 0.05) is 17.5 Å². The molecule has 15 heavy (non-hydrogen) atoms. The zero-order valence-electron chi connectivity index (χ0n) is 9.62. The van der Waals surface area contributed by atoms with Crippen LogP contribution in [0.15, 0.2) is 29.2 Å². The molecule has 2 nitrogen and oxygen atoms in total. The molecular formula is C12H19NOS. The molecule has 0 amide bonds. The van der Waals surface area contributed by atoms with Crippen LogP contribution >= 0.6 is 11.8 Å². The van der Waals surface area contributed by atoms with E-state index in [1.807, 2.05) is 14.0 Å². The maximum atomic E-state index is 5.29. The SMILES string of the molecule is CCOCSc1ccc(C(C)NC)cc1. The molecule has 1 unspecified atom stereocenters. The van der Waals surface area contributed by atoms with Crippen LogP contribution in [0.4, 0.5) is 0 Å². The molecular weight excluding hydrogens is 206 g/mol. The van der Waals surface area contributed by atoms with Crippen LogP contribution in [0.25, 0.3) is 0 Å². The molecule has 0 bridgehead atoms. The van der Waals surface area contributed by atoms with Crippen LogP contribution < -0.4 is 5.32 Å². The van der Waals surface area contributed by atoms with E-state index < -0.39 is 0 Å². The summed E-state index contributed by atoms with van der Waals surface area (Å²) in [5.41, 5.74) is 1.32. The van der Waals surface area contributed by atoms with Crippen molar-refractivity contribution in [1.29, 1.82) is 0 Å². The average Bonchev–Trinajstić information content (AvgIpc) is 2.29. The summed E-state index contributed by atoms with van der Waals surface area (Å²) >= 11 is 1.73. The number of benzene rings is 1. The molecule has 0 saturated heterocycles. The number of ether oxygens (including phenoxy) is 1. The van der Waals surface area contributed by atoms with Crippen LogP contribution in [-0.2, 0) is 4.74 Å². The fraction of sp³-hybridized carbons (Fsp3) is 0.500. The Morgan fingerprint density at radius 3 is 2.53 bits per heavy atom. The van der Waals surface area contributed by atoms with Gasteiger partial charge in [-0.25, -0.2) is 0 Å². The zero-order chi connectivity index (χ0) is 11.1. The van der Waals surface area contributed by atoms with E-state index in [2.05, 4.69) is 36.5 Å². The van der Waals surface area contributed by atoms with Crippen LogP contribution in [0.1, 0.15) is 25.5 Å². The standard InChI is InChI=1S/C12H19NOS/c1-4-14-9-15-12-7-5-11(6-8-12)10(2)13-3/h5-8,10,13H,4,9H2,1-3H3. The highest BCUT2D eigenvalue weighted by atomic mass is 32.2. The van der Waals surface area contributed by atoms with Crippen molar-refractivity contribution in [2.24, 2.45) is 0 Å². The number of nitrogens with one attached hydrogen (secondary N) is 1. The Morgan fingerprint density at radius 1 is 1.33 bits per heavy atom. The number of hydrogen-bond acceptors (Lipinski definition) is 3. The van der Waals surface area contributed by atoms with Crippen LogP contribution in [0, 0.1) is 0 Å². The highest BCUT2D eigenvalue weighted by Gasteiger charge is 2.01. The monoisotopic (exact) mass is 225 g/mol. The summed E-state index contributed by atoms with van der Waals surface area (Å²) < 4.78 is 5.29. The molecule has 0 aromatic heterocycles. The summed E-state index contributed by atoms with van der Waals surface area (Å²) in [5.74, 6) is 0.734. The summed E-state index contributed by atoms with van der Waals surface area (Å²) in [4.78, 5) is 1.26. The highest BCUT2D eigenvalue weighted by molar-refractivity contribution is 7.99. The smallest absolute Gasteiger partial charge is 0.0966 e. The van der Waals surface area contributed by atoms with Crippen LogP contribution in [0.5, 0.6) is 0 Å². The molecule has 1 N–H and O–H groups in total. The third-order valence-electron chi connectivity index (χ3n) is 2.33. The van der Waals surface area contributed by atoms with E-state index in [4.69, 9.17) is 4.74 Å². The molecule has 0 aliphatic carbocycles. The van der Waals surface area contributed by atoms with Gasteiger partial charge in [-0.15, -0.1) is 0 Å². The normalized spacial score (nSPS) is 12.7. The number of thioether (sulfide) groups is 1. The van der Waals surface area contributed by atoms with Gasteiger partial charge >= 0.3 is 0 Å². The molecule has 1 aromatic carbocycles. The van der Waals surface area contributed by atoms with Crippen molar-refractivity contribution in [2.75, 3.05) is 19.6 Å². The predicted octanol–water partition coefficient (Wildman–Crippen LogP) is 3.05. The second-order valence-electron chi connectivity index (χ2n) is 3.33. The molecule has 3 heteroatoms. The van der Waals surface area contributed by atoms with Gasteiger partial charge in [0.1, 0.15) is 0 Å². The van der Waals surface area contributed by atoms with Gasteiger partial charge in [0.15, 0.2) is 0 Å². The summed E-state index contributed by atoms with van der Waals surface area (Å²) in [6.07, 6.45) is 0. The first-order chi connectivity index (χ1) is 7.27. The van der Waals surface area contributed by atoms with E-state index in [0.29, 0.717) is 6.04 Å². The predicted molar refractivity (Wildman–Crippen MR) is 66.3 cm³/mol. The molecule has 84 valence electrons. The number of rotatable bonds is 6. The first kappa shape index (κ1) is 12.6. The molecule has 1 rings (SSSR count). The van der Waals surface area contributed by atoms with Gasteiger partial charge in [-0.05, 0) is 38.6 Å². The molecule has 0 aliphatic rings. The van der Waals surface area contributed by atoms with Crippen molar-refractivity contribution in [1.82, 2.24) is 5.32 Å². The first-order valence-corrected chi connectivity index (χ1v) is 6.24. The van der Waals surface area contributed by atoms with E-state index in [-0.39, 0.29) is 0 Å². The lowest BCUT2D eigenvalue weighted by molar-refractivity contribution is 0.199. The minimum Gasteiger partial charge on any atom is -0.371 e. The minimum absolute atomic E-state index is 0.413. The molecule has 1 atom stereocenters. The minimum atomic E-state index is 0.413. The Balaban J connectivity index is 2.49. The summed E-state index contributed by atoms with van der Waals surface area (Å²) in [5, 5.41) is 3.22. The fourth-order valence-electron chi connectivity index (χ4n) is 1.21. The Bertz CT molecular complexity index is 273. The topological polar surface area (TPSA) is 21.3 Å². The molecule has 0 saturated carbocycles. The first-order valence-electron chi connectivity index (χ1n) is 5.25. The quantitative estimate of drug-likeness (QED) is 0.457. The Hall–Kier alpha value is -0.510. The van der Waals surface area contributed by atoms with Gasteiger partial charge in [0.25, 0.3) is 0 Å². The van der Waals surface area contributed by atoms with Crippen molar-refractivity contribution >= 4 is 11.8 Å². The number of hydrogen-bond donors (Lipinski definition) is 1. The Labute approximate surface area is 96.4 Å². The largest absolute Gasteiger partial charge is 0.371 e. The third-order valence-corrected chi connectivity index (χ3v) is 3.22. The molecule has 0 radical (unpaired) electrons. The Morgan fingerprint density at radius 2 is 2.00 bits per heavy atom. The lowest BCUT2D eigenvalue weighted by Crippen LogP contribution is -2.11. The van der Waals surface area contributed by atoms with Gasteiger partial charge < -0.3 is 10.1 Å². The summed E-state index contributed by atoms with van der Waals surface area (Å²) in [7, 11) is 1.97. The van der Waals surface area contributed by atoms with Crippen molar-refractivity contribution < 1.29 is 4.74 Å². The van der Waals surface area contributed by atoms with E-state index >= 15 is 0 Å². The summed E-state index contributed by atoms with van der Waals surface area (Å²) in [6, 6.07) is 9.03. The van der Waals surface area contributed by atoms with Crippen molar-refractivity contribution in [3.63, 3.8) is 0 Å². The van der Waals surface area contributed by atoms with Gasteiger partial charge in [0.05, 0.1) is 5.94 Å². The van der Waals surface area contributed by atoms with Crippen molar-refractivity contribution in [3.8, 4) is 0 Å². The Kier molecular flexibility index (Phi) is 5.76. The van der Waals surface area contributed by atoms with E-state index in [9.17, 15) is 0 Å². The average molecular weight is 225 g/mol. The molecule has 1 aromatic rings. The van der Waals surface area contributed by atoms with E-state index in [1.165, 1.54) is 10.5 Å². The second kappa shape index (κ2) is 6.88. The van der Waals surface area contributed by atoms with E-state index in [1.54, 1.807) is 11.8 Å². The van der Waals surface area contributed by atoms with Crippen molar-refractivity contribution in [3.05, 3.63) is 29.8 Å². The fourth-order valence-corrected chi connectivity index (χ4v) is 1.93. The third kappa shape index (κ3) is 4.24. The van der Waals surface area contributed by atoms with E-state index in [0.717, 1.165) is 12.5 Å². The van der Waals surface area contributed by atoms with Gasteiger partial charge in [-0.1, -0.05) is 23.9 Å². The lowest BCUT2D eigenvalue weighted by Gasteiger charge is -2.10. The second-order valence-corrected chi connectivity index (χ2v) is 4.33. The maximum Gasteiger partial charge on any atom is 0.0966 e. The molecule has 0 heterocycles. The van der Waals surface area contributed by atoms with Gasteiger partial charge in [0.2, 0.25) is 0 Å². The highest BCUT2D eigenvalue weighted by Crippen LogP contribution is 2.20. The van der Waals surface area contributed by atoms with Crippen LogP contribution in [-0.4, -0.2) is 19.6 Å². The molecule has 0 fully saturated rings. The molecule has 0 spiro atoms. The zero-order valence-corrected chi connectivity index (χ0v) is 10.4.